The SMILES string of the molecule is O=c1[nH]cc(SCc2cc(Cl)c3ncccc3c2)[nH]c1=O. The summed E-state index contributed by atoms with van der Waals surface area (Å²) in [5.74, 6) is 0.618. The first-order valence-corrected chi connectivity index (χ1v) is 7.48. The minimum absolute atomic E-state index is 0.596. The second kappa shape index (κ2) is 5.75. The summed E-state index contributed by atoms with van der Waals surface area (Å²) >= 11 is 7.62. The molecule has 0 aliphatic carbocycles. The van der Waals surface area contributed by atoms with E-state index < -0.39 is 11.1 Å². The number of benzene rings is 1. The summed E-state index contributed by atoms with van der Waals surface area (Å²) in [6.07, 6.45) is 3.19. The largest absolute Gasteiger partial charge is 0.322 e. The van der Waals surface area contributed by atoms with Gasteiger partial charge in [0.1, 0.15) is 0 Å². The predicted molar refractivity (Wildman–Crippen MR) is 84.0 cm³/mol. The van der Waals surface area contributed by atoms with Crippen LogP contribution in [0.15, 0.2) is 51.3 Å². The third-order valence-corrected chi connectivity index (χ3v) is 4.19. The Balaban J connectivity index is 1.86. The normalized spacial score (nSPS) is 10.9. The highest BCUT2D eigenvalue weighted by atomic mass is 35.5. The molecule has 3 rings (SSSR count). The van der Waals surface area contributed by atoms with Crippen LogP contribution in [0.1, 0.15) is 5.56 Å². The van der Waals surface area contributed by atoms with Gasteiger partial charge in [-0.15, -0.1) is 11.8 Å². The molecule has 106 valence electrons. The third kappa shape index (κ3) is 3.01. The van der Waals surface area contributed by atoms with Gasteiger partial charge in [0.25, 0.3) is 0 Å². The van der Waals surface area contributed by atoms with E-state index in [2.05, 4.69) is 15.0 Å². The van der Waals surface area contributed by atoms with E-state index in [1.165, 1.54) is 18.0 Å². The van der Waals surface area contributed by atoms with Gasteiger partial charge in [-0.25, -0.2) is 0 Å². The average molecular weight is 320 g/mol. The Labute approximate surface area is 128 Å². The lowest BCUT2D eigenvalue weighted by Gasteiger charge is -2.05. The molecule has 0 saturated heterocycles. The molecular weight excluding hydrogens is 310 g/mol. The smallest absolute Gasteiger partial charge is 0.314 e. The number of thioether (sulfide) groups is 1. The maximum atomic E-state index is 11.2. The third-order valence-electron chi connectivity index (χ3n) is 2.89. The second-order valence-corrected chi connectivity index (χ2v) is 5.80. The quantitative estimate of drug-likeness (QED) is 0.574. The van der Waals surface area contributed by atoms with Crippen LogP contribution in [0.4, 0.5) is 0 Å². The Morgan fingerprint density at radius 2 is 2.10 bits per heavy atom. The second-order valence-electron chi connectivity index (χ2n) is 4.38. The summed E-state index contributed by atoms with van der Waals surface area (Å²) in [5, 5.41) is 2.16. The van der Waals surface area contributed by atoms with Crippen LogP contribution in [-0.4, -0.2) is 15.0 Å². The number of aromatic amines is 2. The molecule has 0 atom stereocenters. The number of rotatable bonds is 3. The van der Waals surface area contributed by atoms with E-state index in [4.69, 9.17) is 11.6 Å². The van der Waals surface area contributed by atoms with Crippen molar-refractivity contribution in [1.82, 2.24) is 15.0 Å². The number of H-pyrrole nitrogens is 2. The molecule has 21 heavy (non-hydrogen) atoms. The first kappa shape index (κ1) is 13.9. The molecule has 0 bridgehead atoms. The fourth-order valence-corrected chi connectivity index (χ4v) is 3.02. The van der Waals surface area contributed by atoms with Gasteiger partial charge in [-0.1, -0.05) is 17.7 Å². The minimum Gasteiger partial charge on any atom is -0.322 e. The van der Waals surface area contributed by atoms with Gasteiger partial charge in [0.15, 0.2) is 0 Å². The van der Waals surface area contributed by atoms with Crippen molar-refractivity contribution in [1.29, 1.82) is 0 Å². The van der Waals surface area contributed by atoms with Crippen molar-refractivity contribution < 1.29 is 0 Å². The molecule has 2 N–H and O–H groups in total. The van der Waals surface area contributed by atoms with Crippen molar-refractivity contribution in [2.75, 3.05) is 0 Å². The summed E-state index contributed by atoms with van der Waals surface area (Å²) in [5.41, 5.74) is 0.475. The van der Waals surface area contributed by atoms with Crippen molar-refractivity contribution in [2.24, 2.45) is 0 Å². The fraction of sp³-hybridized carbons (Fsp3) is 0.0714. The molecule has 0 spiro atoms. The molecular formula is C14H10ClN3O2S. The van der Waals surface area contributed by atoms with Crippen LogP contribution in [0.2, 0.25) is 5.02 Å². The lowest BCUT2D eigenvalue weighted by Crippen LogP contribution is -2.28. The van der Waals surface area contributed by atoms with E-state index in [0.717, 1.165) is 16.5 Å². The molecule has 3 aromatic rings. The molecule has 0 radical (unpaired) electrons. The Kier molecular flexibility index (Phi) is 3.81. The van der Waals surface area contributed by atoms with Crippen molar-refractivity contribution in [3.05, 3.63) is 68.0 Å². The molecule has 0 aliphatic heterocycles. The first-order valence-electron chi connectivity index (χ1n) is 6.11. The van der Waals surface area contributed by atoms with Gasteiger partial charge in [-0.3, -0.25) is 14.6 Å². The maximum absolute atomic E-state index is 11.2. The molecule has 0 unspecified atom stereocenters. The molecule has 2 aromatic heterocycles. The van der Waals surface area contributed by atoms with E-state index in [1.54, 1.807) is 6.20 Å². The van der Waals surface area contributed by atoms with Crippen molar-refractivity contribution in [3.8, 4) is 0 Å². The van der Waals surface area contributed by atoms with Crippen molar-refractivity contribution >= 4 is 34.3 Å². The predicted octanol–water partition coefficient (Wildman–Crippen LogP) is 2.56. The Bertz CT molecular complexity index is 920. The van der Waals surface area contributed by atoms with E-state index in [1.807, 2.05) is 24.3 Å². The number of pyridine rings is 1. The van der Waals surface area contributed by atoms with E-state index >= 15 is 0 Å². The summed E-state index contributed by atoms with van der Waals surface area (Å²) < 4.78 is 0. The number of hydrogen-bond acceptors (Lipinski definition) is 4. The summed E-state index contributed by atoms with van der Waals surface area (Å²) in [6.45, 7) is 0. The van der Waals surface area contributed by atoms with Crippen molar-refractivity contribution in [3.63, 3.8) is 0 Å². The lowest BCUT2D eigenvalue weighted by molar-refractivity contribution is 0.971. The highest BCUT2D eigenvalue weighted by Crippen LogP contribution is 2.27. The summed E-state index contributed by atoms with van der Waals surface area (Å²) in [6, 6.07) is 7.66. The Morgan fingerprint density at radius 3 is 2.90 bits per heavy atom. The van der Waals surface area contributed by atoms with E-state index in [-0.39, 0.29) is 0 Å². The number of nitrogens with zero attached hydrogens (tertiary/aromatic N) is 1. The fourth-order valence-electron chi connectivity index (χ4n) is 1.93. The minimum atomic E-state index is -0.654. The molecule has 0 aliphatic rings. The number of halogens is 1. The highest BCUT2D eigenvalue weighted by molar-refractivity contribution is 7.98. The van der Waals surface area contributed by atoms with Crippen LogP contribution in [0.5, 0.6) is 0 Å². The van der Waals surface area contributed by atoms with Gasteiger partial charge in [0, 0.05) is 23.5 Å². The monoisotopic (exact) mass is 319 g/mol. The zero-order valence-electron chi connectivity index (χ0n) is 10.7. The van der Waals surface area contributed by atoms with Gasteiger partial charge in [0.2, 0.25) is 0 Å². The number of nitrogens with one attached hydrogen (secondary N) is 2. The van der Waals surface area contributed by atoms with Gasteiger partial charge >= 0.3 is 11.1 Å². The molecule has 1 aromatic carbocycles. The van der Waals surface area contributed by atoms with Crippen LogP contribution in [0, 0.1) is 0 Å². The van der Waals surface area contributed by atoms with E-state index in [0.29, 0.717) is 15.8 Å². The van der Waals surface area contributed by atoms with Crippen LogP contribution in [-0.2, 0) is 5.75 Å². The van der Waals surface area contributed by atoms with Crippen LogP contribution < -0.4 is 11.1 Å². The Hall–Kier alpha value is -2.05. The van der Waals surface area contributed by atoms with Crippen LogP contribution in [0.3, 0.4) is 0 Å². The summed E-state index contributed by atoms with van der Waals surface area (Å²) in [7, 11) is 0. The van der Waals surface area contributed by atoms with Gasteiger partial charge in [0.05, 0.1) is 15.6 Å². The number of fused-ring (bicyclic) bond motifs is 1. The molecule has 7 heteroatoms. The zero-order chi connectivity index (χ0) is 14.8. The van der Waals surface area contributed by atoms with Gasteiger partial charge in [-0.2, -0.15) is 0 Å². The Morgan fingerprint density at radius 1 is 1.24 bits per heavy atom. The molecule has 0 fully saturated rings. The van der Waals surface area contributed by atoms with E-state index in [9.17, 15) is 9.59 Å². The average Bonchev–Trinajstić information content (AvgIpc) is 2.49. The molecule has 0 amide bonds. The highest BCUT2D eigenvalue weighted by Gasteiger charge is 2.05. The molecule has 2 heterocycles. The van der Waals surface area contributed by atoms with Crippen molar-refractivity contribution in [2.45, 2.75) is 10.8 Å². The molecule has 0 saturated carbocycles. The van der Waals surface area contributed by atoms with Crippen LogP contribution >= 0.6 is 23.4 Å². The number of hydrogen-bond donors (Lipinski definition) is 2. The maximum Gasteiger partial charge on any atom is 0.314 e. The van der Waals surface area contributed by atoms with Crippen LogP contribution in [0.25, 0.3) is 10.9 Å². The standard InChI is InChI=1S/C14H10ClN3O2S/c15-10-5-8(4-9-2-1-3-16-12(9)10)7-21-11-6-17-13(19)14(20)18-11/h1-6H,7H2,(H,17,19)(H,18,20). The summed E-state index contributed by atoms with van der Waals surface area (Å²) in [4.78, 5) is 31.4. The zero-order valence-corrected chi connectivity index (χ0v) is 12.3. The topological polar surface area (TPSA) is 78.6 Å². The van der Waals surface area contributed by atoms with Gasteiger partial charge in [-0.05, 0) is 23.8 Å². The van der Waals surface area contributed by atoms with Gasteiger partial charge < -0.3 is 9.97 Å². The lowest BCUT2D eigenvalue weighted by atomic mass is 10.1. The molecule has 5 nitrogen and oxygen atoms in total. The first-order chi connectivity index (χ1) is 10.1. The number of aromatic nitrogens is 3.